The number of carbonyl (C=O) groups is 2. The fourth-order valence-electron chi connectivity index (χ4n) is 3.62. The van der Waals surface area contributed by atoms with Gasteiger partial charge in [-0.3, -0.25) is 9.69 Å². The fourth-order valence-corrected chi connectivity index (χ4v) is 3.62. The second kappa shape index (κ2) is 7.70. The number of aromatic amines is 1. The van der Waals surface area contributed by atoms with E-state index in [-0.39, 0.29) is 11.6 Å². The van der Waals surface area contributed by atoms with E-state index in [0.29, 0.717) is 18.3 Å². The number of methoxy groups -OCH3 is 1. The Kier molecular flexibility index (Phi) is 5.38. The zero-order chi connectivity index (χ0) is 17.8. The molecule has 1 aliphatic heterocycles. The van der Waals surface area contributed by atoms with Gasteiger partial charge in [0.05, 0.1) is 19.3 Å². The van der Waals surface area contributed by atoms with Crippen molar-refractivity contribution in [3.63, 3.8) is 0 Å². The number of anilines is 1. The van der Waals surface area contributed by atoms with Crippen LogP contribution in [0.1, 0.15) is 43.1 Å². The zero-order valence-electron chi connectivity index (χ0n) is 14.8. The number of carbonyl (C=O) groups excluding carboxylic acids is 2. The number of nitrogens with zero attached hydrogens (tertiary/aromatic N) is 1. The van der Waals surface area contributed by atoms with Gasteiger partial charge in [-0.05, 0) is 31.9 Å². The number of nitrogens with one attached hydrogen (secondary N) is 2. The molecule has 0 radical (unpaired) electrons. The van der Waals surface area contributed by atoms with Gasteiger partial charge in [-0.2, -0.15) is 0 Å². The Hall–Kier alpha value is -2.34. The minimum Gasteiger partial charge on any atom is -0.464 e. The molecule has 0 aliphatic carbocycles. The molecule has 6 nitrogen and oxygen atoms in total. The van der Waals surface area contributed by atoms with Crippen LogP contribution in [0.15, 0.2) is 24.3 Å². The normalized spacial score (nSPS) is 18.2. The van der Waals surface area contributed by atoms with Gasteiger partial charge in [-0.1, -0.05) is 31.5 Å². The Labute approximate surface area is 147 Å². The third-order valence-corrected chi connectivity index (χ3v) is 4.93. The van der Waals surface area contributed by atoms with Crippen molar-refractivity contribution in [1.29, 1.82) is 0 Å². The van der Waals surface area contributed by atoms with Crippen molar-refractivity contribution < 1.29 is 14.3 Å². The predicted molar refractivity (Wildman–Crippen MR) is 97.8 cm³/mol. The molecule has 1 saturated heterocycles. The monoisotopic (exact) mass is 343 g/mol. The summed E-state index contributed by atoms with van der Waals surface area (Å²) in [4.78, 5) is 30.0. The lowest BCUT2D eigenvalue weighted by molar-refractivity contribution is -0.118. The van der Waals surface area contributed by atoms with Crippen molar-refractivity contribution >= 4 is 28.5 Å². The van der Waals surface area contributed by atoms with Crippen LogP contribution >= 0.6 is 0 Å². The second-order valence-electron chi connectivity index (χ2n) is 6.49. The number of hydrogen-bond donors (Lipinski definition) is 2. The molecule has 3 rings (SSSR count). The molecule has 0 spiro atoms. The highest BCUT2D eigenvalue weighted by atomic mass is 16.5. The molecule has 2 heterocycles. The summed E-state index contributed by atoms with van der Waals surface area (Å²) in [6.07, 6.45) is 4.55. The molecule has 6 heteroatoms. The highest BCUT2D eigenvalue weighted by molar-refractivity contribution is 6.11. The average molecular weight is 343 g/mol. The van der Waals surface area contributed by atoms with Crippen LogP contribution in [0.25, 0.3) is 10.9 Å². The highest BCUT2D eigenvalue weighted by Crippen LogP contribution is 2.28. The zero-order valence-corrected chi connectivity index (χ0v) is 14.8. The summed E-state index contributed by atoms with van der Waals surface area (Å²) in [5.74, 6) is -0.592. The summed E-state index contributed by atoms with van der Waals surface area (Å²) >= 11 is 0. The second-order valence-corrected chi connectivity index (χ2v) is 6.49. The molecule has 1 amide bonds. The van der Waals surface area contributed by atoms with Crippen molar-refractivity contribution in [1.82, 2.24) is 9.88 Å². The van der Waals surface area contributed by atoms with Crippen LogP contribution in [0.2, 0.25) is 0 Å². The molecular formula is C19H25N3O3. The van der Waals surface area contributed by atoms with E-state index in [1.807, 2.05) is 24.3 Å². The minimum atomic E-state index is -0.490. The number of aromatic nitrogens is 1. The first kappa shape index (κ1) is 17.5. The van der Waals surface area contributed by atoms with Gasteiger partial charge in [0, 0.05) is 16.9 Å². The third kappa shape index (κ3) is 3.69. The molecule has 0 unspecified atom stereocenters. The number of esters is 1. The number of benzene rings is 1. The highest BCUT2D eigenvalue weighted by Gasteiger charge is 2.25. The number of ether oxygens (including phenoxy) is 1. The van der Waals surface area contributed by atoms with Gasteiger partial charge < -0.3 is 15.0 Å². The van der Waals surface area contributed by atoms with Crippen molar-refractivity contribution in [2.75, 3.05) is 25.5 Å². The predicted octanol–water partition coefficient (Wildman–Crippen LogP) is 3.16. The van der Waals surface area contributed by atoms with E-state index in [2.05, 4.69) is 22.1 Å². The van der Waals surface area contributed by atoms with Crippen LogP contribution in [0, 0.1) is 0 Å². The SMILES string of the molecule is CC[C@H]1CCCCN1CC(=O)Nc1c(C(=O)OC)[nH]c2ccccc12. The molecule has 1 fully saturated rings. The molecule has 2 aromatic rings. The van der Waals surface area contributed by atoms with Crippen LogP contribution in [0.3, 0.4) is 0 Å². The van der Waals surface area contributed by atoms with Crippen LogP contribution in [0.5, 0.6) is 0 Å². The van der Waals surface area contributed by atoms with Crippen molar-refractivity contribution in [2.24, 2.45) is 0 Å². The van der Waals surface area contributed by atoms with Gasteiger partial charge in [0.1, 0.15) is 5.69 Å². The number of amides is 1. The van der Waals surface area contributed by atoms with Crippen LogP contribution in [-0.2, 0) is 9.53 Å². The molecule has 0 saturated carbocycles. The lowest BCUT2D eigenvalue weighted by Crippen LogP contribution is -2.43. The van der Waals surface area contributed by atoms with Gasteiger partial charge in [0.15, 0.2) is 0 Å². The first-order valence-corrected chi connectivity index (χ1v) is 8.87. The summed E-state index contributed by atoms with van der Waals surface area (Å²) in [6, 6.07) is 7.97. The number of rotatable bonds is 5. The standard InChI is InChI=1S/C19H25N3O3/c1-3-13-8-6-7-11-22(13)12-16(23)21-17-14-9-4-5-10-15(14)20-18(17)19(24)25-2/h4-5,9-10,13,20H,3,6-8,11-12H2,1-2H3,(H,21,23)/t13-/m0/s1. The van der Waals surface area contributed by atoms with Gasteiger partial charge in [-0.25, -0.2) is 4.79 Å². The number of hydrogen-bond acceptors (Lipinski definition) is 4. The summed E-state index contributed by atoms with van der Waals surface area (Å²) in [5.41, 5.74) is 1.57. The third-order valence-electron chi connectivity index (χ3n) is 4.93. The minimum absolute atomic E-state index is 0.102. The number of piperidine rings is 1. The van der Waals surface area contributed by atoms with Crippen LogP contribution in [-0.4, -0.2) is 48.0 Å². The topological polar surface area (TPSA) is 74.4 Å². The maximum Gasteiger partial charge on any atom is 0.356 e. The van der Waals surface area contributed by atoms with E-state index in [1.165, 1.54) is 13.5 Å². The molecule has 25 heavy (non-hydrogen) atoms. The van der Waals surface area contributed by atoms with Gasteiger partial charge in [-0.15, -0.1) is 0 Å². The molecule has 2 N–H and O–H groups in total. The molecule has 1 aromatic carbocycles. The first-order chi connectivity index (χ1) is 12.1. The quantitative estimate of drug-likeness (QED) is 0.818. The summed E-state index contributed by atoms with van der Waals surface area (Å²) in [7, 11) is 1.33. The summed E-state index contributed by atoms with van der Waals surface area (Å²) in [5, 5.41) is 3.74. The molecule has 1 aliphatic rings. The number of fused-ring (bicyclic) bond motifs is 1. The summed E-state index contributed by atoms with van der Waals surface area (Å²) in [6.45, 7) is 3.46. The Morgan fingerprint density at radius 1 is 1.32 bits per heavy atom. The molecule has 1 atom stereocenters. The van der Waals surface area contributed by atoms with E-state index in [9.17, 15) is 9.59 Å². The van der Waals surface area contributed by atoms with Crippen molar-refractivity contribution in [3.05, 3.63) is 30.0 Å². The van der Waals surface area contributed by atoms with Crippen LogP contribution in [0.4, 0.5) is 5.69 Å². The Morgan fingerprint density at radius 3 is 2.88 bits per heavy atom. The largest absolute Gasteiger partial charge is 0.464 e. The lowest BCUT2D eigenvalue weighted by Gasteiger charge is -2.34. The Bertz CT molecular complexity index is 768. The van der Waals surface area contributed by atoms with Crippen LogP contribution < -0.4 is 5.32 Å². The first-order valence-electron chi connectivity index (χ1n) is 8.87. The van der Waals surface area contributed by atoms with Gasteiger partial charge in [0.25, 0.3) is 0 Å². The van der Waals surface area contributed by atoms with E-state index < -0.39 is 5.97 Å². The van der Waals surface area contributed by atoms with E-state index >= 15 is 0 Å². The lowest BCUT2D eigenvalue weighted by atomic mass is 10.00. The summed E-state index contributed by atoms with van der Waals surface area (Å²) < 4.78 is 4.84. The fraction of sp³-hybridized carbons (Fsp3) is 0.474. The number of para-hydroxylation sites is 1. The Balaban J connectivity index is 1.81. The van der Waals surface area contributed by atoms with Gasteiger partial charge in [0.2, 0.25) is 5.91 Å². The van der Waals surface area contributed by atoms with E-state index in [0.717, 1.165) is 36.7 Å². The molecule has 134 valence electrons. The Morgan fingerprint density at radius 2 is 2.12 bits per heavy atom. The maximum absolute atomic E-state index is 12.6. The molecule has 0 bridgehead atoms. The van der Waals surface area contributed by atoms with Gasteiger partial charge >= 0.3 is 5.97 Å². The average Bonchev–Trinajstić information content (AvgIpc) is 3.00. The number of likely N-dealkylation sites (tertiary alicyclic amines) is 1. The molecule has 1 aromatic heterocycles. The number of H-pyrrole nitrogens is 1. The van der Waals surface area contributed by atoms with E-state index in [1.54, 1.807) is 0 Å². The smallest absolute Gasteiger partial charge is 0.356 e. The van der Waals surface area contributed by atoms with Crippen molar-refractivity contribution in [3.8, 4) is 0 Å². The maximum atomic E-state index is 12.6. The van der Waals surface area contributed by atoms with Crippen molar-refractivity contribution in [2.45, 2.75) is 38.6 Å². The van der Waals surface area contributed by atoms with E-state index in [4.69, 9.17) is 4.74 Å². The molecular weight excluding hydrogens is 318 g/mol.